The summed E-state index contributed by atoms with van der Waals surface area (Å²) in [6.07, 6.45) is 1.56. The van der Waals surface area contributed by atoms with Gasteiger partial charge in [0.2, 0.25) is 0 Å². The summed E-state index contributed by atoms with van der Waals surface area (Å²) in [4.78, 5) is 4.10. The third-order valence-corrected chi connectivity index (χ3v) is 3.66. The molecule has 18 heavy (non-hydrogen) atoms. The number of imidazole rings is 1. The van der Waals surface area contributed by atoms with Gasteiger partial charge in [0.05, 0.1) is 18.5 Å². The van der Waals surface area contributed by atoms with E-state index in [4.69, 9.17) is 5.11 Å². The van der Waals surface area contributed by atoms with E-state index in [1.165, 1.54) is 17.8 Å². The number of nitrogens with zero attached hydrogens (tertiary/aromatic N) is 2. The summed E-state index contributed by atoms with van der Waals surface area (Å²) in [5, 5.41) is 9.67. The number of aromatic nitrogens is 2. The van der Waals surface area contributed by atoms with Gasteiger partial charge in [0, 0.05) is 18.4 Å². The van der Waals surface area contributed by atoms with Crippen LogP contribution >= 0.6 is 11.8 Å². The molecule has 0 saturated carbocycles. The van der Waals surface area contributed by atoms with Gasteiger partial charge in [-0.1, -0.05) is 11.8 Å². The molecular weight excluding hydrogens is 258 g/mol. The van der Waals surface area contributed by atoms with Crippen molar-refractivity contribution in [1.29, 1.82) is 0 Å². The van der Waals surface area contributed by atoms with Crippen LogP contribution in [0, 0.1) is 11.6 Å². The van der Waals surface area contributed by atoms with Crippen molar-refractivity contribution in [1.82, 2.24) is 9.55 Å². The molecule has 0 aliphatic carbocycles. The molecule has 96 valence electrons. The summed E-state index contributed by atoms with van der Waals surface area (Å²) in [6, 6.07) is 3.38. The quantitative estimate of drug-likeness (QED) is 0.867. The topological polar surface area (TPSA) is 38.0 Å². The highest BCUT2D eigenvalue weighted by Crippen LogP contribution is 2.23. The van der Waals surface area contributed by atoms with E-state index in [0.717, 1.165) is 12.1 Å². The van der Waals surface area contributed by atoms with Crippen molar-refractivity contribution in [2.45, 2.75) is 17.5 Å². The smallest absolute Gasteiger partial charge is 0.168 e. The molecule has 1 heterocycles. The molecule has 1 aromatic carbocycles. The zero-order valence-electron chi connectivity index (χ0n) is 9.73. The fourth-order valence-corrected chi connectivity index (χ4v) is 2.45. The largest absolute Gasteiger partial charge is 0.390 e. The summed E-state index contributed by atoms with van der Waals surface area (Å²) in [5.74, 6) is -0.595. The third kappa shape index (κ3) is 2.70. The zero-order valence-corrected chi connectivity index (χ0v) is 10.5. The normalized spacial score (nSPS) is 10.9. The monoisotopic (exact) mass is 270 g/mol. The molecule has 0 radical (unpaired) electrons. The Morgan fingerprint density at radius 3 is 2.83 bits per heavy atom. The highest BCUT2D eigenvalue weighted by atomic mass is 32.2. The molecule has 0 unspecified atom stereocenters. The predicted octanol–water partition coefficient (Wildman–Crippen LogP) is 2.48. The van der Waals surface area contributed by atoms with Crippen LogP contribution in [0.4, 0.5) is 8.78 Å². The number of benzene rings is 1. The molecule has 0 saturated heterocycles. The van der Waals surface area contributed by atoms with Gasteiger partial charge in [-0.15, -0.1) is 0 Å². The average molecular weight is 270 g/mol. The van der Waals surface area contributed by atoms with Gasteiger partial charge in [-0.3, -0.25) is 0 Å². The van der Waals surface area contributed by atoms with Crippen LogP contribution in [0.5, 0.6) is 0 Å². The minimum absolute atomic E-state index is 0.0988. The number of rotatable bonds is 4. The molecule has 6 heteroatoms. The number of hydrogen-bond acceptors (Lipinski definition) is 3. The van der Waals surface area contributed by atoms with Crippen molar-refractivity contribution in [3.63, 3.8) is 0 Å². The Morgan fingerprint density at radius 2 is 2.17 bits per heavy atom. The SMILES string of the molecule is Cn1c(CO)cnc1SCc1cc(F)ccc1F. The lowest BCUT2D eigenvalue weighted by atomic mass is 10.2. The summed E-state index contributed by atoms with van der Waals surface area (Å²) < 4.78 is 28.1. The average Bonchev–Trinajstić information content (AvgIpc) is 2.71. The Kier molecular flexibility index (Phi) is 3.98. The summed E-state index contributed by atoms with van der Waals surface area (Å²) in [6.45, 7) is -0.0988. The molecule has 0 aliphatic rings. The zero-order chi connectivity index (χ0) is 13.1. The lowest BCUT2D eigenvalue weighted by molar-refractivity contribution is 0.271. The molecule has 3 nitrogen and oxygen atoms in total. The minimum atomic E-state index is -0.456. The Balaban J connectivity index is 2.11. The van der Waals surface area contributed by atoms with E-state index in [-0.39, 0.29) is 6.61 Å². The standard InChI is InChI=1S/C12H12F2N2OS/c1-16-10(6-17)5-15-12(16)18-7-8-4-9(13)2-3-11(8)14/h2-5,17H,6-7H2,1H3. The lowest BCUT2D eigenvalue weighted by Crippen LogP contribution is -1.98. The molecule has 0 fully saturated rings. The fourth-order valence-electron chi connectivity index (χ4n) is 1.50. The van der Waals surface area contributed by atoms with E-state index in [2.05, 4.69) is 4.98 Å². The molecule has 0 spiro atoms. The molecule has 2 aromatic rings. The second kappa shape index (κ2) is 5.49. The second-order valence-corrected chi connectivity index (χ2v) is 4.72. The molecule has 0 atom stereocenters. The maximum Gasteiger partial charge on any atom is 0.168 e. The summed E-state index contributed by atoms with van der Waals surface area (Å²) in [5.41, 5.74) is 0.978. The highest BCUT2D eigenvalue weighted by molar-refractivity contribution is 7.98. The van der Waals surface area contributed by atoms with E-state index in [0.29, 0.717) is 22.2 Å². The van der Waals surface area contributed by atoms with Crippen LogP contribution in [0.15, 0.2) is 29.6 Å². The summed E-state index contributed by atoms with van der Waals surface area (Å²) >= 11 is 1.29. The van der Waals surface area contributed by atoms with Crippen molar-refractivity contribution < 1.29 is 13.9 Å². The number of halogens is 2. The van der Waals surface area contributed by atoms with Crippen LogP contribution < -0.4 is 0 Å². The molecule has 1 aromatic heterocycles. The maximum absolute atomic E-state index is 13.4. The van der Waals surface area contributed by atoms with Crippen molar-refractivity contribution in [3.05, 3.63) is 47.3 Å². The van der Waals surface area contributed by atoms with Gasteiger partial charge in [0.25, 0.3) is 0 Å². The van der Waals surface area contributed by atoms with Crippen molar-refractivity contribution in [2.75, 3.05) is 0 Å². The second-order valence-electron chi connectivity index (χ2n) is 3.77. The Labute approximate surface area is 107 Å². The van der Waals surface area contributed by atoms with E-state index >= 15 is 0 Å². The van der Waals surface area contributed by atoms with Crippen LogP contribution in [0.2, 0.25) is 0 Å². The lowest BCUT2D eigenvalue weighted by Gasteiger charge is -2.05. The van der Waals surface area contributed by atoms with Gasteiger partial charge in [-0.25, -0.2) is 13.8 Å². The van der Waals surface area contributed by atoms with Gasteiger partial charge >= 0.3 is 0 Å². The molecule has 2 rings (SSSR count). The van der Waals surface area contributed by atoms with E-state index in [1.54, 1.807) is 17.8 Å². The minimum Gasteiger partial charge on any atom is -0.390 e. The number of thioether (sulfide) groups is 1. The molecule has 1 N–H and O–H groups in total. The number of hydrogen-bond donors (Lipinski definition) is 1. The van der Waals surface area contributed by atoms with E-state index in [1.807, 2.05) is 0 Å². The Morgan fingerprint density at radius 1 is 1.39 bits per heavy atom. The van der Waals surface area contributed by atoms with E-state index in [9.17, 15) is 8.78 Å². The van der Waals surface area contributed by atoms with Crippen LogP contribution in [0.3, 0.4) is 0 Å². The predicted molar refractivity (Wildman–Crippen MR) is 65.0 cm³/mol. The first-order valence-corrected chi connectivity index (χ1v) is 6.28. The number of aliphatic hydroxyl groups is 1. The molecule has 0 amide bonds. The van der Waals surface area contributed by atoms with Gasteiger partial charge in [0.1, 0.15) is 11.6 Å². The van der Waals surface area contributed by atoms with Crippen LogP contribution in [0.25, 0.3) is 0 Å². The Bertz CT molecular complexity index is 557. The fraction of sp³-hybridized carbons (Fsp3) is 0.250. The van der Waals surface area contributed by atoms with Crippen LogP contribution in [-0.2, 0) is 19.4 Å². The first-order valence-electron chi connectivity index (χ1n) is 5.30. The van der Waals surface area contributed by atoms with Gasteiger partial charge in [-0.05, 0) is 18.2 Å². The third-order valence-electron chi connectivity index (χ3n) is 2.57. The Hall–Kier alpha value is -1.40. The van der Waals surface area contributed by atoms with Crippen LogP contribution in [0.1, 0.15) is 11.3 Å². The molecular formula is C12H12F2N2OS. The van der Waals surface area contributed by atoms with Crippen molar-refractivity contribution in [3.8, 4) is 0 Å². The highest BCUT2D eigenvalue weighted by Gasteiger charge is 2.09. The first-order chi connectivity index (χ1) is 8.61. The van der Waals surface area contributed by atoms with Gasteiger partial charge < -0.3 is 9.67 Å². The van der Waals surface area contributed by atoms with Gasteiger partial charge in [-0.2, -0.15) is 0 Å². The molecule has 0 bridgehead atoms. The van der Waals surface area contributed by atoms with Gasteiger partial charge in [0.15, 0.2) is 5.16 Å². The molecule has 0 aliphatic heterocycles. The number of aliphatic hydroxyl groups excluding tert-OH is 1. The van der Waals surface area contributed by atoms with Crippen LogP contribution in [-0.4, -0.2) is 14.7 Å². The van der Waals surface area contributed by atoms with Crippen molar-refractivity contribution in [2.24, 2.45) is 7.05 Å². The van der Waals surface area contributed by atoms with Crippen molar-refractivity contribution >= 4 is 11.8 Å². The summed E-state index contributed by atoms with van der Waals surface area (Å²) in [7, 11) is 1.77. The first kappa shape index (κ1) is 13.0. The maximum atomic E-state index is 13.4. The van der Waals surface area contributed by atoms with E-state index < -0.39 is 11.6 Å².